The van der Waals surface area contributed by atoms with Crippen molar-refractivity contribution in [3.05, 3.63) is 23.9 Å². The fraction of sp³-hybridized carbons (Fsp3) is 0.500. The first-order valence-corrected chi connectivity index (χ1v) is 5.76. The van der Waals surface area contributed by atoms with Crippen molar-refractivity contribution in [1.29, 1.82) is 0 Å². The molecule has 0 aliphatic carbocycles. The Balaban J connectivity index is 2.11. The number of hydrogen-bond acceptors (Lipinski definition) is 3. The number of rotatable bonds is 4. The average Bonchev–Trinajstić information content (AvgIpc) is 2.78. The van der Waals surface area contributed by atoms with Gasteiger partial charge in [0, 0.05) is 19.3 Å². The molecular formula is C12H17N3O. The van der Waals surface area contributed by atoms with Crippen molar-refractivity contribution in [2.24, 2.45) is 0 Å². The van der Waals surface area contributed by atoms with E-state index in [-0.39, 0.29) is 6.04 Å². The van der Waals surface area contributed by atoms with Crippen molar-refractivity contribution in [1.82, 2.24) is 9.88 Å². The summed E-state index contributed by atoms with van der Waals surface area (Å²) < 4.78 is 0. The normalized spacial score (nSPS) is 19.8. The van der Waals surface area contributed by atoms with Gasteiger partial charge in [0.25, 0.3) is 0 Å². The molecule has 1 saturated heterocycles. The first kappa shape index (κ1) is 10.9. The van der Waals surface area contributed by atoms with Gasteiger partial charge in [-0.1, -0.05) is 6.07 Å². The molecule has 1 aromatic heterocycles. The summed E-state index contributed by atoms with van der Waals surface area (Å²) in [6.07, 6.45) is 4.93. The fourth-order valence-corrected chi connectivity index (χ4v) is 2.16. The Morgan fingerprint density at radius 2 is 2.50 bits per heavy atom. The van der Waals surface area contributed by atoms with Crippen LogP contribution in [0.4, 0.5) is 5.82 Å². The zero-order valence-electron chi connectivity index (χ0n) is 9.52. The van der Waals surface area contributed by atoms with Gasteiger partial charge in [0.15, 0.2) is 0 Å². The van der Waals surface area contributed by atoms with Crippen LogP contribution in [0.3, 0.4) is 0 Å². The van der Waals surface area contributed by atoms with E-state index >= 15 is 0 Å². The minimum Gasteiger partial charge on any atom is -0.370 e. The summed E-state index contributed by atoms with van der Waals surface area (Å²) in [6, 6.07) is 4.25. The highest BCUT2D eigenvalue weighted by molar-refractivity contribution is 5.49. The monoisotopic (exact) mass is 219 g/mol. The number of aromatic nitrogens is 1. The van der Waals surface area contributed by atoms with Crippen LogP contribution in [0.15, 0.2) is 18.3 Å². The molecule has 0 spiro atoms. The second kappa shape index (κ2) is 4.96. The van der Waals surface area contributed by atoms with Crippen molar-refractivity contribution in [2.45, 2.75) is 25.8 Å². The summed E-state index contributed by atoms with van der Waals surface area (Å²) in [5.41, 5.74) is 1.13. The average molecular weight is 219 g/mol. The van der Waals surface area contributed by atoms with Gasteiger partial charge in [-0.15, -0.1) is 0 Å². The quantitative estimate of drug-likeness (QED) is 0.785. The van der Waals surface area contributed by atoms with Gasteiger partial charge in [0.2, 0.25) is 6.41 Å². The number of carbonyl (C=O) groups excluding carboxylic acids is 1. The van der Waals surface area contributed by atoms with E-state index in [4.69, 9.17) is 0 Å². The lowest BCUT2D eigenvalue weighted by Crippen LogP contribution is -2.21. The van der Waals surface area contributed by atoms with E-state index in [0.29, 0.717) is 0 Å². The molecule has 2 heterocycles. The van der Waals surface area contributed by atoms with Crippen LogP contribution in [0.1, 0.15) is 31.4 Å². The van der Waals surface area contributed by atoms with Gasteiger partial charge < -0.3 is 10.2 Å². The molecule has 0 aromatic carbocycles. The van der Waals surface area contributed by atoms with Gasteiger partial charge in [0.1, 0.15) is 5.82 Å². The van der Waals surface area contributed by atoms with Crippen molar-refractivity contribution in [3.63, 3.8) is 0 Å². The van der Waals surface area contributed by atoms with Crippen molar-refractivity contribution >= 4 is 12.2 Å². The lowest BCUT2D eigenvalue weighted by atomic mass is 10.1. The van der Waals surface area contributed by atoms with Crippen molar-refractivity contribution < 1.29 is 4.79 Å². The number of likely N-dealkylation sites (tertiary alicyclic amines) is 1. The highest BCUT2D eigenvalue weighted by Gasteiger charge is 2.24. The van der Waals surface area contributed by atoms with Crippen LogP contribution in [0.2, 0.25) is 0 Å². The lowest BCUT2D eigenvalue weighted by molar-refractivity contribution is -0.118. The van der Waals surface area contributed by atoms with Crippen LogP contribution in [-0.4, -0.2) is 29.4 Å². The number of nitrogens with one attached hydrogen (secondary N) is 1. The fourth-order valence-electron chi connectivity index (χ4n) is 2.16. The van der Waals surface area contributed by atoms with Gasteiger partial charge in [0.05, 0.1) is 6.04 Å². The standard InChI is InChI=1S/C12H17N3O/c1-2-13-12-6-5-10(8-14-12)11-4-3-7-15(11)9-16/h5-6,8-9,11H,2-4,7H2,1H3,(H,13,14)/t11-/m1/s1. The van der Waals surface area contributed by atoms with Crippen molar-refractivity contribution in [3.8, 4) is 0 Å². The molecule has 0 radical (unpaired) electrons. The number of carbonyl (C=O) groups is 1. The van der Waals surface area contributed by atoms with E-state index in [9.17, 15) is 4.79 Å². The van der Waals surface area contributed by atoms with Gasteiger partial charge in [-0.3, -0.25) is 4.79 Å². The highest BCUT2D eigenvalue weighted by Crippen LogP contribution is 2.30. The summed E-state index contributed by atoms with van der Waals surface area (Å²) in [6.45, 7) is 3.78. The summed E-state index contributed by atoms with van der Waals surface area (Å²) >= 11 is 0. The van der Waals surface area contributed by atoms with Gasteiger partial charge in [-0.2, -0.15) is 0 Å². The van der Waals surface area contributed by atoms with E-state index in [2.05, 4.69) is 16.4 Å². The topological polar surface area (TPSA) is 45.2 Å². The molecule has 1 amide bonds. The molecule has 1 N–H and O–H groups in total. The minimum atomic E-state index is 0.223. The third-order valence-electron chi connectivity index (χ3n) is 2.96. The Labute approximate surface area is 95.7 Å². The van der Waals surface area contributed by atoms with Crippen molar-refractivity contribution in [2.75, 3.05) is 18.4 Å². The first-order valence-electron chi connectivity index (χ1n) is 5.76. The van der Waals surface area contributed by atoms with Crippen LogP contribution in [-0.2, 0) is 4.79 Å². The van der Waals surface area contributed by atoms with Crippen LogP contribution in [0, 0.1) is 0 Å². The Bertz CT molecular complexity index is 350. The molecular weight excluding hydrogens is 202 g/mol. The predicted octanol–water partition coefficient (Wildman–Crippen LogP) is 1.81. The van der Waals surface area contributed by atoms with E-state index in [1.807, 2.05) is 24.1 Å². The van der Waals surface area contributed by atoms with E-state index < -0.39 is 0 Å². The Morgan fingerprint density at radius 3 is 3.12 bits per heavy atom. The summed E-state index contributed by atoms with van der Waals surface area (Å²) in [4.78, 5) is 17.0. The maximum absolute atomic E-state index is 10.9. The van der Waals surface area contributed by atoms with Gasteiger partial charge in [-0.25, -0.2) is 4.98 Å². The van der Waals surface area contributed by atoms with Crippen LogP contribution < -0.4 is 5.32 Å². The van der Waals surface area contributed by atoms with Crippen LogP contribution in [0.25, 0.3) is 0 Å². The number of hydrogen-bond donors (Lipinski definition) is 1. The lowest BCUT2D eigenvalue weighted by Gasteiger charge is -2.20. The predicted molar refractivity (Wildman–Crippen MR) is 63.1 cm³/mol. The van der Waals surface area contributed by atoms with Gasteiger partial charge in [-0.05, 0) is 31.4 Å². The molecule has 0 saturated carbocycles. The third-order valence-corrected chi connectivity index (χ3v) is 2.96. The SMILES string of the molecule is CCNc1ccc([C@H]2CCCN2C=O)cn1. The second-order valence-corrected chi connectivity index (χ2v) is 4.01. The number of anilines is 1. The number of nitrogens with zero attached hydrogens (tertiary/aromatic N) is 2. The van der Waals surface area contributed by atoms with Crippen LogP contribution in [0.5, 0.6) is 0 Å². The molecule has 2 rings (SSSR count). The maximum Gasteiger partial charge on any atom is 0.210 e. The molecule has 1 aliphatic heterocycles. The molecule has 86 valence electrons. The maximum atomic E-state index is 10.9. The minimum absolute atomic E-state index is 0.223. The Kier molecular flexibility index (Phi) is 3.39. The molecule has 1 fully saturated rings. The Hall–Kier alpha value is -1.58. The molecule has 1 aromatic rings. The summed E-state index contributed by atoms with van der Waals surface area (Å²) in [7, 11) is 0. The zero-order chi connectivity index (χ0) is 11.4. The molecule has 16 heavy (non-hydrogen) atoms. The largest absolute Gasteiger partial charge is 0.370 e. The summed E-state index contributed by atoms with van der Waals surface area (Å²) in [5, 5.41) is 3.16. The van der Waals surface area contributed by atoms with E-state index in [1.54, 1.807) is 0 Å². The Morgan fingerprint density at radius 1 is 1.62 bits per heavy atom. The molecule has 1 aliphatic rings. The first-order chi connectivity index (χ1) is 7.85. The van der Waals surface area contributed by atoms with Crippen LogP contribution >= 0.6 is 0 Å². The second-order valence-electron chi connectivity index (χ2n) is 4.01. The zero-order valence-corrected chi connectivity index (χ0v) is 9.52. The molecule has 0 unspecified atom stereocenters. The molecule has 4 heteroatoms. The highest BCUT2D eigenvalue weighted by atomic mass is 16.1. The smallest absolute Gasteiger partial charge is 0.210 e. The third kappa shape index (κ3) is 2.15. The number of amides is 1. The molecule has 4 nitrogen and oxygen atoms in total. The summed E-state index contributed by atoms with van der Waals surface area (Å²) in [5.74, 6) is 0.891. The molecule has 1 atom stereocenters. The molecule has 0 bridgehead atoms. The van der Waals surface area contributed by atoms with Gasteiger partial charge >= 0.3 is 0 Å². The van der Waals surface area contributed by atoms with E-state index in [1.165, 1.54) is 0 Å². The number of pyridine rings is 1. The van der Waals surface area contributed by atoms with E-state index in [0.717, 1.165) is 43.7 Å².